The highest BCUT2D eigenvalue weighted by Gasteiger charge is 2.27. The molecule has 1 aromatic rings. The molecule has 0 atom stereocenters. The summed E-state index contributed by atoms with van der Waals surface area (Å²) < 4.78 is 36.9. The maximum atomic E-state index is 13.7. The van der Waals surface area contributed by atoms with Gasteiger partial charge in [0.15, 0.2) is 9.84 Å². The van der Waals surface area contributed by atoms with Gasteiger partial charge in [0.05, 0.1) is 37.1 Å². The normalized spacial score (nSPS) is 17.4. The van der Waals surface area contributed by atoms with E-state index in [1.807, 2.05) is 18.7 Å². The van der Waals surface area contributed by atoms with Gasteiger partial charge in [-0.2, -0.15) is 0 Å². The van der Waals surface area contributed by atoms with E-state index in [0.717, 1.165) is 39.3 Å². The van der Waals surface area contributed by atoms with Gasteiger partial charge in [-0.15, -0.1) is 12.4 Å². The van der Waals surface area contributed by atoms with Gasteiger partial charge in [0, 0.05) is 75.0 Å². The molecule has 0 radical (unpaired) electrons. The molecule has 2 amide bonds. The molecule has 37 heavy (non-hydrogen) atoms. The minimum absolute atomic E-state index is 0. The predicted octanol–water partition coefficient (Wildman–Crippen LogP) is 2.99. The number of carbonyl (C=O) groups is 1. The van der Waals surface area contributed by atoms with Crippen LogP contribution in [0.2, 0.25) is 10.0 Å². The summed E-state index contributed by atoms with van der Waals surface area (Å²) in [4.78, 5) is 21.9. The number of ether oxygens (including phenoxy) is 2. The lowest BCUT2D eigenvalue weighted by Crippen LogP contribution is -2.52. The molecule has 2 fully saturated rings. The molecule has 0 spiro atoms. The van der Waals surface area contributed by atoms with E-state index in [-0.39, 0.29) is 51.7 Å². The van der Waals surface area contributed by atoms with Crippen molar-refractivity contribution >= 4 is 51.5 Å². The fourth-order valence-electron chi connectivity index (χ4n) is 4.28. The van der Waals surface area contributed by atoms with Crippen molar-refractivity contribution in [3.63, 3.8) is 0 Å². The van der Waals surface area contributed by atoms with Gasteiger partial charge >= 0.3 is 6.03 Å². The van der Waals surface area contributed by atoms with Crippen molar-refractivity contribution in [3.05, 3.63) is 28.2 Å². The zero-order valence-corrected chi connectivity index (χ0v) is 24.8. The molecule has 0 bridgehead atoms. The molecule has 9 nitrogen and oxygen atoms in total. The SMILES string of the molecule is CC(C)N(CCS(=O)(=O)c1cc(Cl)cc(Cl)c1)C(=O)N(CCN1CCOCC1)CCN1CCOCC1.Cl. The summed E-state index contributed by atoms with van der Waals surface area (Å²) in [6.07, 6.45) is 0. The number of rotatable bonds is 11. The van der Waals surface area contributed by atoms with Crippen LogP contribution in [0.1, 0.15) is 13.8 Å². The van der Waals surface area contributed by atoms with Crippen molar-refractivity contribution in [2.45, 2.75) is 24.8 Å². The molecule has 0 N–H and O–H groups in total. The first-order valence-electron chi connectivity index (χ1n) is 12.5. The van der Waals surface area contributed by atoms with Gasteiger partial charge in [-0.1, -0.05) is 23.2 Å². The number of urea groups is 1. The molecule has 13 heteroatoms. The Morgan fingerprint density at radius 3 is 1.78 bits per heavy atom. The van der Waals surface area contributed by atoms with Crippen LogP contribution in [-0.2, 0) is 19.3 Å². The van der Waals surface area contributed by atoms with Gasteiger partial charge in [-0.05, 0) is 32.0 Å². The number of hydrogen-bond donors (Lipinski definition) is 0. The first-order valence-corrected chi connectivity index (χ1v) is 14.9. The van der Waals surface area contributed by atoms with Crippen LogP contribution in [0.25, 0.3) is 0 Å². The lowest BCUT2D eigenvalue weighted by Gasteiger charge is -2.36. The van der Waals surface area contributed by atoms with Crippen LogP contribution in [0.4, 0.5) is 4.79 Å². The molecule has 1 aromatic carbocycles. The zero-order valence-electron chi connectivity index (χ0n) is 21.6. The van der Waals surface area contributed by atoms with Crippen molar-refractivity contribution in [2.75, 3.05) is 91.1 Å². The number of benzene rings is 1. The van der Waals surface area contributed by atoms with Crippen molar-refractivity contribution in [2.24, 2.45) is 0 Å². The molecule has 0 unspecified atom stereocenters. The maximum Gasteiger partial charge on any atom is 0.320 e. The molecule has 3 rings (SSSR count). The van der Waals surface area contributed by atoms with Gasteiger partial charge in [0.2, 0.25) is 0 Å². The van der Waals surface area contributed by atoms with E-state index in [0.29, 0.717) is 39.5 Å². The molecular weight excluding hydrogens is 563 g/mol. The molecule has 2 aliphatic heterocycles. The van der Waals surface area contributed by atoms with Gasteiger partial charge in [-0.3, -0.25) is 9.80 Å². The van der Waals surface area contributed by atoms with E-state index in [2.05, 4.69) is 9.80 Å². The van der Waals surface area contributed by atoms with Crippen LogP contribution in [-0.4, -0.2) is 131 Å². The number of morpholine rings is 2. The molecule has 2 aliphatic rings. The number of hydrogen-bond acceptors (Lipinski definition) is 7. The van der Waals surface area contributed by atoms with Crippen molar-refractivity contribution < 1.29 is 22.7 Å². The lowest BCUT2D eigenvalue weighted by molar-refractivity contribution is 0.0269. The quantitative estimate of drug-likeness (QED) is 0.386. The average Bonchev–Trinajstić information content (AvgIpc) is 2.84. The molecule has 0 saturated carbocycles. The second kappa shape index (κ2) is 15.7. The average molecular weight is 602 g/mol. The van der Waals surface area contributed by atoms with Crippen molar-refractivity contribution in [1.29, 1.82) is 0 Å². The summed E-state index contributed by atoms with van der Waals surface area (Å²) in [6, 6.07) is 3.96. The van der Waals surface area contributed by atoms with Crippen LogP contribution in [0, 0.1) is 0 Å². The molecule has 0 aromatic heterocycles. The van der Waals surface area contributed by atoms with Crippen LogP contribution >= 0.6 is 35.6 Å². The zero-order chi connectivity index (χ0) is 26.1. The van der Waals surface area contributed by atoms with Gasteiger partial charge < -0.3 is 19.3 Å². The molecule has 0 aliphatic carbocycles. The first kappa shape index (κ1) is 32.4. The summed E-state index contributed by atoms with van der Waals surface area (Å²) in [5, 5.41) is 0.519. The largest absolute Gasteiger partial charge is 0.379 e. The Morgan fingerprint density at radius 2 is 1.35 bits per heavy atom. The Balaban J connectivity index is 0.00000481. The van der Waals surface area contributed by atoms with Crippen LogP contribution in [0.15, 0.2) is 23.1 Å². The summed E-state index contributed by atoms with van der Waals surface area (Å²) in [5.41, 5.74) is 0. The fourth-order valence-corrected chi connectivity index (χ4v) is 6.22. The number of amides is 2. The fraction of sp³-hybridized carbons (Fsp3) is 0.708. The van der Waals surface area contributed by atoms with E-state index in [9.17, 15) is 13.2 Å². The molecule has 2 heterocycles. The number of nitrogens with zero attached hydrogens (tertiary/aromatic N) is 4. The molecule has 2 saturated heterocycles. The number of carbonyl (C=O) groups excluding carboxylic acids is 1. The smallest absolute Gasteiger partial charge is 0.320 e. The standard InChI is InChI=1S/C24H38Cl2N4O5S.ClH/c1-20(2)30(11-16-36(32,33)23-18-21(25)17-22(26)19-23)24(31)29(5-3-27-7-12-34-13-8-27)6-4-28-9-14-35-15-10-28;/h17-20H,3-16H2,1-2H3;1H. The van der Waals surface area contributed by atoms with E-state index in [1.54, 1.807) is 4.90 Å². The highest BCUT2D eigenvalue weighted by molar-refractivity contribution is 7.91. The minimum atomic E-state index is -3.68. The Hall–Kier alpha value is -0.850. The van der Waals surface area contributed by atoms with Crippen LogP contribution in [0.5, 0.6) is 0 Å². The Bertz CT molecular complexity index is 915. The van der Waals surface area contributed by atoms with Crippen LogP contribution in [0.3, 0.4) is 0 Å². The van der Waals surface area contributed by atoms with E-state index in [1.165, 1.54) is 18.2 Å². The minimum Gasteiger partial charge on any atom is -0.379 e. The third-order valence-electron chi connectivity index (χ3n) is 6.52. The molecular formula is C24H39Cl3N4O5S. The van der Waals surface area contributed by atoms with Gasteiger partial charge in [0.1, 0.15) is 0 Å². The summed E-state index contributed by atoms with van der Waals surface area (Å²) >= 11 is 12.0. The van der Waals surface area contributed by atoms with E-state index >= 15 is 0 Å². The first-order chi connectivity index (χ1) is 17.2. The second-order valence-corrected chi connectivity index (χ2v) is 12.4. The highest BCUT2D eigenvalue weighted by Crippen LogP contribution is 2.23. The Kier molecular flexibility index (Phi) is 13.7. The molecule has 212 valence electrons. The van der Waals surface area contributed by atoms with E-state index < -0.39 is 9.84 Å². The third kappa shape index (κ3) is 10.3. The van der Waals surface area contributed by atoms with Gasteiger partial charge in [0.25, 0.3) is 0 Å². The summed E-state index contributed by atoms with van der Waals surface area (Å²) in [7, 11) is -3.68. The summed E-state index contributed by atoms with van der Waals surface area (Å²) in [5.74, 6) is -0.214. The predicted molar refractivity (Wildman–Crippen MR) is 149 cm³/mol. The van der Waals surface area contributed by atoms with Crippen molar-refractivity contribution in [3.8, 4) is 0 Å². The second-order valence-electron chi connectivity index (χ2n) is 9.39. The number of sulfone groups is 1. The lowest BCUT2D eigenvalue weighted by atomic mass is 10.3. The summed E-state index contributed by atoms with van der Waals surface area (Å²) in [6.45, 7) is 12.7. The van der Waals surface area contributed by atoms with Crippen molar-refractivity contribution in [1.82, 2.24) is 19.6 Å². The third-order valence-corrected chi connectivity index (χ3v) is 8.63. The Labute approximate surface area is 237 Å². The Morgan fingerprint density at radius 1 is 0.892 bits per heavy atom. The topological polar surface area (TPSA) is 82.6 Å². The maximum absolute atomic E-state index is 13.7. The van der Waals surface area contributed by atoms with Gasteiger partial charge in [-0.25, -0.2) is 13.2 Å². The monoisotopic (exact) mass is 600 g/mol. The van der Waals surface area contributed by atoms with Crippen LogP contribution < -0.4 is 0 Å². The highest BCUT2D eigenvalue weighted by atomic mass is 35.5. The van der Waals surface area contributed by atoms with E-state index in [4.69, 9.17) is 32.7 Å². The number of halogens is 3.